The number of rotatable bonds is 6. The van der Waals surface area contributed by atoms with Gasteiger partial charge in [0.2, 0.25) is 17.8 Å². The van der Waals surface area contributed by atoms with E-state index in [0.717, 1.165) is 19.4 Å². The van der Waals surface area contributed by atoms with Crippen molar-refractivity contribution in [3.63, 3.8) is 0 Å². The lowest BCUT2D eigenvalue weighted by Gasteiger charge is -2.19. The molecule has 1 atom stereocenters. The van der Waals surface area contributed by atoms with Gasteiger partial charge in [-0.25, -0.2) is 0 Å². The van der Waals surface area contributed by atoms with Crippen LogP contribution in [0.15, 0.2) is 0 Å². The summed E-state index contributed by atoms with van der Waals surface area (Å²) in [7, 11) is 3.89. The summed E-state index contributed by atoms with van der Waals surface area (Å²) in [5.74, 6) is 2.01. The van der Waals surface area contributed by atoms with Gasteiger partial charge in [0, 0.05) is 26.7 Å². The summed E-state index contributed by atoms with van der Waals surface area (Å²) in [4.78, 5) is 15.3. The first-order valence-corrected chi connectivity index (χ1v) is 7.83. The number of nitrogens with zero attached hydrogens (tertiary/aromatic N) is 4. The van der Waals surface area contributed by atoms with E-state index in [1.165, 1.54) is 12.8 Å². The Labute approximate surface area is 127 Å². The summed E-state index contributed by atoms with van der Waals surface area (Å²) in [6.07, 6.45) is 4.63. The molecule has 2 rings (SSSR count). The molecule has 6 heteroatoms. The fraction of sp³-hybridized carbons (Fsp3) is 0.800. The Morgan fingerprint density at radius 3 is 2.48 bits per heavy atom. The SMILES string of the molecule is CCCNc1nc(NC2CCC(C)(C)C2)nc(N(C)C)n1. The molecule has 1 aromatic heterocycles. The maximum atomic E-state index is 4.50. The molecule has 1 unspecified atom stereocenters. The number of nitrogens with one attached hydrogen (secondary N) is 2. The highest BCUT2D eigenvalue weighted by molar-refractivity contribution is 5.43. The molecule has 1 aliphatic carbocycles. The molecule has 0 spiro atoms. The minimum Gasteiger partial charge on any atom is -0.354 e. The molecule has 1 aromatic rings. The highest BCUT2D eigenvalue weighted by atomic mass is 15.3. The van der Waals surface area contributed by atoms with Crippen molar-refractivity contribution < 1.29 is 0 Å². The van der Waals surface area contributed by atoms with Crippen molar-refractivity contribution in [2.45, 2.75) is 52.5 Å². The fourth-order valence-corrected chi connectivity index (χ4v) is 2.69. The summed E-state index contributed by atoms with van der Waals surface area (Å²) in [6.45, 7) is 7.64. The van der Waals surface area contributed by atoms with Crippen LogP contribution in [-0.4, -0.2) is 41.6 Å². The lowest BCUT2D eigenvalue weighted by atomic mass is 9.92. The van der Waals surface area contributed by atoms with Crippen LogP contribution in [0.3, 0.4) is 0 Å². The van der Waals surface area contributed by atoms with Crippen LogP contribution >= 0.6 is 0 Å². The molecule has 1 saturated carbocycles. The van der Waals surface area contributed by atoms with E-state index in [1.807, 2.05) is 19.0 Å². The Morgan fingerprint density at radius 2 is 1.90 bits per heavy atom. The Bertz CT molecular complexity index is 471. The van der Waals surface area contributed by atoms with Crippen LogP contribution in [0, 0.1) is 5.41 Å². The van der Waals surface area contributed by atoms with E-state index in [-0.39, 0.29) is 0 Å². The maximum absolute atomic E-state index is 4.50. The van der Waals surface area contributed by atoms with Gasteiger partial charge in [0.1, 0.15) is 0 Å². The molecule has 1 aliphatic rings. The zero-order valence-corrected chi connectivity index (χ0v) is 13.9. The van der Waals surface area contributed by atoms with Crippen LogP contribution in [0.1, 0.15) is 46.5 Å². The van der Waals surface area contributed by atoms with Crippen LogP contribution < -0.4 is 15.5 Å². The van der Waals surface area contributed by atoms with E-state index in [0.29, 0.717) is 29.3 Å². The van der Waals surface area contributed by atoms with Crippen LogP contribution in [0.4, 0.5) is 17.8 Å². The lowest BCUT2D eigenvalue weighted by molar-refractivity contribution is 0.378. The molecule has 1 fully saturated rings. The van der Waals surface area contributed by atoms with Crippen molar-refractivity contribution in [2.75, 3.05) is 36.2 Å². The summed E-state index contributed by atoms with van der Waals surface area (Å²) in [5.41, 5.74) is 0.415. The molecule has 2 N–H and O–H groups in total. The van der Waals surface area contributed by atoms with Crippen LogP contribution in [0.5, 0.6) is 0 Å². The maximum Gasteiger partial charge on any atom is 0.231 e. The second kappa shape index (κ2) is 6.45. The van der Waals surface area contributed by atoms with E-state index in [4.69, 9.17) is 0 Å². The predicted molar refractivity (Wildman–Crippen MR) is 88.0 cm³/mol. The molecule has 0 amide bonds. The summed E-state index contributed by atoms with van der Waals surface area (Å²) in [5, 5.41) is 6.72. The predicted octanol–water partition coefficient (Wildman–Crippen LogP) is 2.75. The summed E-state index contributed by atoms with van der Waals surface area (Å²) < 4.78 is 0. The first-order chi connectivity index (χ1) is 9.89. The second-order valence-electron chi connectivity index (χ2n) is 6.85. The van der Waals surface area contributed by atoms with Gasteiger partial charge in [-0.3, -0.25) is 0 Å². The van der Waals surface area contributed by atoms with Gasteiger partial charge in [0.25, 0.3) is 0 Å². The fourth-order valence-electron chi connectivity index (χ4n) is 2.69. The van der Waals surface area contributed by atoms with E-state index < -0.39 is 0 Å². The van der Waals surface area contributed by atoms with E-state index in [9.17, 15) is 0 Å². The molecule has 0 bridgehead atoms. The topological polar surface area (TPSA) is 66.0 Å². The van der Waals surface area contributed by atoms with Crippen molar-refractivity contribution in [1.29, 1.82) is 0 Å². The van der Waals surface area contributed by atoms with Gasteiger partial charge in [-0.15, -0.1) is 0 Å². The first kappa shape index (κ1) is 15.8. The average Bonchev–Trinajstić information content (AvgIpc) is 2.75. The quantitative estimate of drug-likeness (QED) is 0.840. The van der Waals surface area contributed by atoms with Crippen molar-refractivity contribution in [2.24, 2.45) is 5.41 Å². The minimum atomic E-state index is 0.415. The van der Waals surface area contributed by atoms with Crippen LogP contribution in [0.2, 0.25) is 0 Å². The van der Waals surface area contributed by atoms with Crippen molar-refractivity contribution in [1.82, 2.24) is 15.0 Å². The van der Waals surface area contributed by atoms with Gasteiger partial charge in [0.15, 0.2) is 0 Å². The Morgan fingerprint density at radius 1 is 1.19 bits per heavy atom. The lowest BCUT2D eigenvalue weighted by Crippen LogP contribution is -2.22. The van der Waals surface area contributed by atoms with E-state index >= 15 is 0 Å². The number of aromatic nitrogens is 3. The van der Waals surface area contributed by atoms with E-state index in [2.05, 4.69) is 46.4 Å². The van der Waals surface area contributed by atoms with Crippen molar-refractivity contribution in [3.8, 4) is 0 Å². The van der Waals surface area contributed by atoms with Gasteiger partial charge < -0.3 is 15.5 Å². The monoisotopic (exact) mass is 292 g/mol. The number of hydrogen-bond donors (Lipinski definition) is 2. The molecule has 6 nitrogen and oxygen atoms in total. The third-order valence-corrected chi connectivity index (χ3v) is 3.86. The van der Waals surface area contributed by atoms with Crippen LogP contribution in [0.25, 0.3) is 0 Å². The van der Waals surface area contributed by atoms with Crippen LogP contribution in [-0.2, 0) is 0 Å². The number of hydrogen-bond acceptors (Lipinski definition) is 6. The Kier molecular flexibility index (Phi) is 4.85. The minimum absolute atomic E-state index is 0.415. The molecule has 0 radical (unpaired) electrons. The highest BCUT2D eigenvalue weighted by Gasteiger charge is 2.31. The molecule has 0 aromatic carbocycles. The van der Waals surface area contributed by atoms with Gasteiger partial charge in [-0.1, -0.05) is 20.8 Å². The smallest absolute Gasteiger partial charge is 0.231 e. The highest BCUT2D eigenvalue weighted by Crippen LogP contribution is 2.38. The van der Waals surface area contributed by atoms with Gasteiger partial charge in [-0.2, -0.15) is 15.0 Å². The van der Waals surface area contributed by atoms with Crippen molar-refractivity contribution >= 4 is 17.8 Å². The molecular weight excluding hydrogens is 264 g/mol. The molecule has 1 heterocycles. The standard InChI is InChI=1S/C15H28N6/c1-6-9-16-12-18-13(20-14(19-12)21(4)5)17-11-7-8-15(2,3)10-11/h11H,6-10H2,1-5H3,(H2,16,17,18,19,20). The largest absolute Gasteiger partial charge is 0.354 e. The first-order valence-electron chi connectivity index (χ1n) is 7.83. The molecule has 0 aliphatic heterocycles. The Balaban J connectivity index is 2.12. The van der Waals surface area contributed by atoms with Gasteiger partial charge in [0.05, 0.1) is 0 Å². The van der Waals surface area contributed by atoms with Gasteiger partial charge >= 0.3 is 0 Å². The normalized spacial score (nSPS) is 20.3. The van der Waals surface area contributed by atoms with Gasteiger partial charge in [-0.05, 0) is 31.1 Å². The molecular formula is C15H28N6. The van der Waals surface area contributed by atoms with Crippen molar-refractivity contribution in [3.05, 3.63) is 0 Å². The third-order valence-electron chi connectivity index (χ3n) is 3.86. The number of anilines is 3. The summed E-state index contributed by atoms with van der Waals surface area (Å²) in [6, 6.07) is 0.455. The second-order valence-corrected chi connectivity index (χ2v) is 6.85. The average molecular weight is 292 g/mol. The zero-order chi connectivity index (χ0) is 15.5. The molecule has 0 saturated heterocycles. The third kappa shape index (κ3) is 4.44. The zero-order valence-electron chi connectivity index (χ0n) is 13.9. The molecule has 118 valence electrons. The van der Waals surface area contributed by atoms with E-state index in [1.54, 1.807) is 0 Å². The molecule has 21 heavy (non-hydrogen) atoms. The summed E-state index contributed by atoms with van der Waals surface area (Å²) >= 11 is 0. The Hall–Kier alpha value is -1.59.